The molecule has 0 spiro atoms. The summed E-state index contributed by atoms with van der Waals surface area (Å²) in [5.41, 5.74) is 0. The zero-order valence-electron chi connectivity index (χ0n) is 14.3. The zero-order valence-corrected chi connectivity index (χ0v) is 14.3. The summed E-state index contributed by atoms with van der Waals surface area (Å²) in [7, 11) is 0. The first-order chi connectivity index (χ1) is 10.8. The molecule has 126 valence electrons. The minimum atomic E-state index is -0.674. The Labute approximate surface area is 137 Å². The van der Waals surface area contributed by atoms with Gasteiger partial charge in [-0.3, -0.25) is 4.79 Å². The molecule has 0 aliphatic heterocycles. The second-order valence-corrected chi connectivity index (χ2v) is 5.76. The number of carbonyl (C=O) groups is 1. The van der Waals surface area contributed by atoms with Gasteiger partial charge in [0.2, 0.25) is 0 Å². The maximum atomic E-state index is 10.3. The molecule has 2 nitrogen and oxygen atoms in total. The molecule has 0 fully saturated rings. The molecule has 1 N–H and O–H groups in total. The van der Waals surface area contributed by atoms with Gasteiger partial charge in [-0.2, -0.15) is 0 Å². The van der Waals surface area contributed by atoms with E-state index in [4.69, 9.17) is 5.11 Å². The fraction of sp³-hybridized carbons (Fsp3) is 0.650. The molecule has 0 amide bonds. The van der Waals surface area contributed by atoms with Crippen LogP contribution in [0.1, 0.15) is 84.0 Å². The number of carboxylic acid groups (broad SMARTS) is 1. The van der Waals surface area contributed by atoms with E-state index in [9.17, 15) is 4.79 Å². The van der Waals surface area contributed by atoms with Crippen LogP contribution in [0.3, 0.4) is 0 Å². The minimum absolute atomic E-state index is 0.319. The Hall–Kier alpha value is -1.31. The average molecular weight is 306 g/mol. The second kappa shape index (κ2) is 17.7. The second-order valence-electron chi connectivity index (χ2n) is 5.76. The molecule has 22 heavy (non-hydrogen) atoms. The third-order valence-electron chi connectivity index (χ3n) is 3.56. The summed E-state index contributed by atoms with van der Waals surface area (Å²) < 4.78 is 0. The van der Waals surface area contributed by atoms with E-state index in [1.165, 1.54) is 38.5 Å². The average Bonchev–Trinajstić information content (AvgIpc) is 2.50. The molecule has 0 aliphatic carbocycles. The minimum Gasteiger partial charge on any atom is -0.481 e. The number of hydrogen-bond acceptors (Lipinski definition) is 1. The molecule has 0 saturated carbocycles. The predicted molar refractivity (Wildman–Crippen MR) is 96.1 cm³/mol. The van der Waals surface area contributed by atoms with E-state index in [0.29, 0.717) is 6.42 Å². The molecular formula is C20H34O2. The SMILES string of the molecule is CCCCC/C=C/C=C/C/C=C/CCCCCCCC(=O)O. The van der Waals surface area contributed by atoms with E-state index >= 15 is 0 Å². The van der Waals surface area contributed by atoms with Crippen molar-refractivity contribution in [2.45, 2.75) is 84.0 Å². The Kier molecular flexibility index (Phi) is 16.7. The third-order valence-corrected chi connectivity index (χ3v) is 3.56. The van der Waals surface area contributed by atoms with Gasteiger partial charge < -0.3 is 5.11 Å². The van der Waals surface area contributed by atoms with Crippen LogP contribution in [0.4, 0.5) is 0 Å². The smallest absolute Gasteiger partial charge is 0.303 e. The number of aliphatic carboxylic acids is 1. The Balaban J connectivity index is 3.28. The van der Waals surface area contributed by atoms with Crippen LogP contribution < -0.4 is 0 Å². The lowest BCUT2D eigenvalue weighted by Crippen LogP contribution is -1.93. The highest BCUT2D eigenvalue weighted by molar-refractivity contribution is 5.66. The highest BCUT2D eigenvalue weighted by Crippen LogP contribution is 2.07. The molecule has 0 aromatic carbocycles. The summed E-state index contributed by atoms with van der Waals surface area (Å²) >= 11 is 0. The highest BCUT2D eigenvalue weighted by Gasteiger charge is 1.95. The molecule has 0 atom stereocenters. The summed E-state index contributed by atoms with van der Waals surface area (Å²) in [4.78, 5) is 10.3. The Morgan fingerprint density at radius 1 is 0.773 bits per heavy atom. The fourth-order valence-electron chi connectivity index (χ4n) is 2.21. The van der Waals surface area contributed by atoms with Crippen molar-refractivity contribution in [3.63, 3.8) is 0 Å². The van der Waals surface area contributed by atoms with Crippen LogP contribution >= 0.6 is 0 Å². The van der Waals surface area contributed by atoms with Crippen molar-refractivity contribution in [2.24, 2.45) is 0 Å². The fourth-order valence-corrected chi connectivity index (χ4v) is 2.21. The molecule has 0 aromatic heterocycles. The molecule has 0 rings (SSSR count). The largest absolute Gasteiger partial charge is 0.481 e. The van der Waals surface area contributed by atoms with Crippen molar-refractivity contribution in [3.05, 3.63) is 36.5 Å². The van der Waals surface area contributed by atoms with Gasteiger partial charge in [-0.15, -0.1) is 0 Å². The first-order valence-corrected chi connectivity index (χ1v) is 8.95. The monoisotopic (exact) mass is 306 g/mol. The molecular weight excluding hydrogens is 272 g/mol. The number of carboxylic acids is 1. The van der Waals surface area contributed by atoms with E-state index < -0.39 is 5.97 Å². The van der Waals surface area contributed by atoms with Crippen LogP contribution in [-0.4, -0.2) is 11.1 Å². The summed E-state index contributed by atoms with van der Waals surface area (Å²) in [6.07, 6.45) is 26.2. The summed E-state index contributed by atoms with van der Waals surface area (Å²) in [5, 5.41) is 8.52. The predicted octanol–water partition coefficient (Wildman–Crippen LogP) is 6.44. The van der Waals surface area contributed by atoms with Gasteiger partial charge in [0.15, 0.2) is 0 Å². The Bertz CT molecular complexity index is 327. The van der Waals surface area contributed by atoms with Gasteiger partial charge in [0, 0.05) is 6.42 Å². The van der Waals surface area contributed by atoms with E-state index in [-0.39, 0.29) is 0 Å². The van der Waals surface area contributed by atoms with Crippen molar-refractivity contribution >= 4 is 5.97 Å². The standard InChI is InChI=1S/C20H34O2/c1-2-3-4-5-6-7-8-9-10-11-12-13-14-15-16-17-18-19-20(21)22/h6-9,11-12H,2-5,10,13-19H2,1H3,(H,21,22)/b7-6+,9-8+,12-11+. The lowest BCUT2D eigenvalue weighted by atomic mass is 10.1. The van der Waals surface area contributed by atoms with Crippen LogP contribution in [0.15, 0.2) is 36.5 Å². The molecule has 0 heterocycles. The van der Waals surface area contributed by atoms with Gasteiger partial charge in [-0.05, 0) is 38.5 Å². The third kappa shape index (κ3) is 18.7. The molecule has 2 heteroatoms. The molecule has 0 radical (unpaired) electrons. The van der Waals surface area contributed by atoms with Crippen molar-refractivity contribution < 1.29 is 9.90 Å². The van der Waals surface area contributed by atoms with Crippen molar-refractivity contribution in [3.8, 4) is 0 Å². The summed E-state index contributed by atoms with van der Waals surface area (Å²) in [6, 6.07) is 0. The molecule has 0 aromatic rings. The number of allylic oxidation sites excluding steroid dienone is 6. The van der Waals surface area contributed by atoms with E-state index in [0.717, 1.165) is 32.1 Å². The van der Waals surface area contributed by atoms with Crippen LogP contribution in [-0.2, 0) is 4.79 Å². The number of unbranched alkanes of at least 4 members (excludes halogenated alkanes) is 8. The van der Waals surface area contributed by atoms with Gasteiger partial charge in [0.1, 0.15) is 0 Å². The number of hydrogen-bond donors (Lipinski definition) is 1. The van der Waals surface area contributed by atoms with Crippen molar-refractivity contribution in [1.29, 1.82) is 0 Å². The maximum Gasteiger partial charge on any atom is 0.303 e. The van der Waals surface area contributed by atoms with Gasteiger partial charge >= 0.3 is 5.97 Å². The Morgan fingerprint density at radius 3 is 2.18 bits per heavy atom. The van der Waals surface area contributed by atoms with E-state index in [1.807, 2.05) is 0 Å². The van der Waals surface area contributed by atoms with Crippen LogP contribution in [0.5, 0.6) is 0 Å². The normalized spacial score (nSPS) is 12.0. The van der Waals surface area contributed by atoms with Gasteiger partial charge in [-0.1, -0.05) is 75.5 Å². The molecule has 0 bridgehead atoms. The molecule has 0 saturated heterocycles. The van der Waals surface area contributed by atoms with Gasteiger partial charge in [0.25, 0.3) is 0 Å². The zero-order chi connectivity index (χ0) is 16.3. The van der Waals surface area contributed by atoms with E-state index in [1.54, 1.807) is 0 Å². The first-order valence-electron chi connectivity index (χ1n) is 8.95. The van der Waals surface area contributed by atoms with Crippen LogP contribution in [0.2, 0.25) is 0 Å². The van der Waals surface area contributed by atoms with Crippen LogP contribution in [0, 0.1) is 0 Å². The van der Waals surface area contributed by atoms with Gasteiger partial charge in [-0.25, -0.2) is 0 Å². The van der Waals surface area contributed by atoms with Gasteiger partial charge in [0.05, 0.1) is 0 Å². The lowest BCUT2D eigenvalue weighted by Gasteiger charge is -1.98. The van der Waals surface area contributed by atoms with E-state index in [2.05, 4.69) is 43.4 Å². The summed E-state index contributed by atoms with van der Waals surface area (Å²) in [6.45, 7) is 2.23. The topological polar surface area (TPSA) is 37.3 Å². The molecule has 0 unspecified atom stereocenters. The lowest BCUT2D eigenvalue weighted by molar-refractivity contribution is -0.137. The first kappa shape index (κ1) is 20.7. The maximum absolute atomic E-state index is 10.3. The quantitative estimate of drug-likeness (QED) is 0.215. The summed E-state index contributed by atoms with van der Waals surface area (Å²) in [5.74, 6) is -0.674. The molecule has 0 aliphatic rings. The number of rotatable bonds is 15. The Morgan fingerprint density at radius 2 is 1.41 bits per heavy atom. The highest BCUT2D eigenvalue weighted by atomic mass is 16.4. The van der Waals surface area contributed by atoms with Crippen LogP contribution in [0.25, 0.3) is 0 Å². The van der Waals surface area contributed by atoms with Crippen molar-refractivity contribution in [2.75, 3.05) is 0 Å². The van der Waals surface area contributed by atoms with Crippen molar-refractivity contribution in [1.82, 2.24) is 0 Å².